The molecule has 0 rings (SSSR count). The van der Waals surface area contributed by atoms with Crippen molar-refractivity contribution in [2.45, 2.75) is 184 Å². The van der Waals surface area contributed by atoms with Crippen LogP contribution in [0.25, 0.3) is 0 Å². The zero-order valence-electron chi connectivity index (χ0n) is 26.6. The third-order valence-corrected chi connectivity index (χ3v) is 6.18. The first-order valence-corrected chi connectivity index (χ1v) is 16.6. The zero-order valence-corrected chi connectivity index (χ0v) is 28.2. The lowest BCUT2D eigenvalue weighted by atomic mass is 9.89. The summed E-state index contributed by atoms with van der Waals surface area (Å²) < 4.78 is 5.56. The van der Waals surface area contributed by atoms with Crippen molar-refractivity contribution in [3.63, 3.8) is 0 Å². The minimum atomic E-state index is -0.103. The molecule has 0 N–H and O–H groups in total. The molecule has 0 saturated heterocycles. The van der Waals surface area contributed by atoms with E-state index in [-0.39, 0.29) is 5.41 Å². The molecule has 218 valence electrons. The van der Waals surface area contributed by atoms with E-state index >= 15 is 0 Å². The van der Waals surface area contributed by atoms with Gasteiger partial charge in [-0.3, -0.25) is 0 Å². The standard InChI is InChI=1S/C16H34O.C10H19BrO.3C2H6/c1-4-6-8-10-11-13-15-16(17-3)14-12-9-7-5-2;1-10(2,9-12)7-5-3-4-6-8-11;3*1-2/h16H,4-15H2,1-3H3;9H,3-8H2,1-2H3;3*1-2H3. The molecule has 0 aromatic carbocycles. The summed E-state index contributed by atoms with van der Waals surface area (Å²) in [7, 11) is 1.88. The highest BCUT2D eigenvalue weighted by atomic mass is 79.9. The Bertz CT molecular complexity index is 319. The van der Waals surface area contributed by atoms with E-state index in [1.807, 2.05) is 62.5 Å². The quantitative estimate of drug-likeness (QED) is 0.0831. The number of carbonyl (C=O) groups is 1. The first kappa shape index (κ1) is 45.1. The predicted octanol–water partition coefficient (Wildman–Crippen LogP) is 12.4. The number of unbranched alkanes of at least 4 members (excludes halogenated alkanes) is 11. The van der Waals surface area contributed by atoms with E-state index in [9.17, 15) is 4.79 Å². The van der Waals surface area contributed by atoms with Gasteiger partial charge in [-0.15, -0.1) is 0 Å². The average Bonchev–Trinajstić information content (AvgIpc) is 2.91. The highest BCUT2D eigenvalue weighted by Crippen LogP contribution is 2.21. The van der Waals surface area contributed by atoms with E-state index in [1.165, 1.54) is 103 Å². The summed E-state index contributed by atoms with van der Waals surface area (Å²) in [4.78, 5) is 10.5. The topological polar surface area (TPSA) is 26.3 Å². The van der Waals surface area contributed by atoms with E-state index in [4.69, 9.17) is 4.74 Å². The maximum Gasteiger partial charge on any atom is 0.125 e. The van der Waals surface area contributed by atoms with Gasteiger partial charge in [-0.05, 0) is 25.7 Å². The summed E-state index contributed by atoms with van der Waals surface area (Å²) in [6.45, 7) is 20.6. The Balaban J connectivity index is -0.000000146. The zero-order chi connectivity index (χ0) is 28.2. The number of halogens is 1. The van der Waals surface area contributed by atoms with E-state index in [2.05, 4.69) is 29.8 Å². The SMILES string of the molecule is CC.CC.CC.CC(C)(C=O)CCCCCCBr.CCCCCCCCC(CCCCCC)OC. The molecule has 0 saturated carbocycles. The van der Waals surface area contributed by atoms with Crippen molar-refractivity contribution in [2.24, 2.45) is 5.41 Å². The summed E-state index contributed by atoms with van der Waals surface area (Å²) in [6.07, 6.45) is 23.9. The molecular weight excluding hydrogens is 496 g/mol. The number of aldehydes is 1. The molecule has 35 heavy (non-hydrogen) atoms. The number of hydrogen-bond donors (Lipinski definition) is 0. The van der Waals surface area contributed by atoms with Crippen LogP contribution in [0.15, 0.2) is 0 Å². The molecule has 1 atom stereocenters. The van der Waals surface area contributed by atoms with Gasteiger partial charge >= 0.3 is 0 Å². The number of carbonyl (C=O) groups excluding carboxylic acids is 1. The molecule has 0 bridgehead atoms. The van der Waals surface area contributed by atoms with Gasteiger partial charge in [0.2, 0.25) is 0 Å². The van der Waals surface area contributed by atoms with Crippen molar-refractivity contribution in [3.8, 4) is 0 Å². The average molecular weight is 568 g/mol. The molecule has 0 aliphatic rings. The molecule has 0 aromatic heterocycles. The second kappa shape index (κ2) is 44.1. The van der Waals surface area contributed by atoms with Crippen LogP contribution in [0.2, 0.25) is 0 Å². The Morgan fingerprint density at radius 2 is 1.03 bits per heavy atom. The molecule has 0 heterocycles. The third-order valence-electron chi connectivity index (χ3n) is 5.62. The molecule has 0 radical (unpaired) electrons. The van der Waals surface area contributed by atoms with Crippen LogP contribution in [0.1, 0.15) is 178 Å². The third kappa shape index (κ3) is 47.9. The Morgan fingerprint density at radius 3 is 1.43 bits per heavy atom. The molecule has 3 heteroatoms. The fourth-order valence-corrected chi connectivity index (χ4v) is 3.82. The fourth-order valence-electron chi connectivity index (χ4n) is 3.42. The van der Waals surface area contributed by atoms with Crippen LogP contribution in [-0.2, 0) is 9.53 Å². The van der Waals surface area contributed by atoms with Crippen LogP contribution in [0.3, 0.4) is 0 Å². The summed E-state index contributed by atoms with van der Waals surface area (Å²) in [6, 6.07) is 0. The number of alkyl halides is 1. The Hall–Kier alpha value is 0.110. The maximum absolute atomic E-state index is 10.5. The molecule has 1 unspecified atom stereocenters. The van der Waals surface area contributed by atoms with Crippen molar-refractivity contribution in [2.75, 3.05) is 12.4 Å². The minimum Gasteiger partial charge on any atom is -0.381 e. The van der Waals surface area contributed by atoms with E-state index in [1.54, 1.807) is 0 Å². The number of methoxy groups -OCH3 is 1. The van der Waals surface area contributed by atoms with Crippen molar-refractivity contribution < 1.29 is 9.53 Å². The highest BCUT2D eigenvalue weighted by molar-refractivity contribution is 9.09. The Labute approximate surface area is 233 Å². The van der Waals surface area contributed by atoms with Crippen molar-refractivity contribution >= 4 is 22.2 Å². The highest BCUT2D eigenvalue weighted by Gasteiger charge is 2.14. The molecule has 0 amide bonds. The second-order valence-corrected chi connectivity index (χ2v) is 10.0. The normalized spacial score (nSPS) is 10.7. The molecule has 0 fully saturated rings. The largest absolute Gasteiger partial charge is 0.381 e. The van der Waals surface area contributed by atoms with Crippen LogP contribution >= 0.6 is 15.9 Å². The lowest BCUT2D eigenvalue weighted by Crippen LogP contribution is -2.12. The summed E-state index contributed by atoms with van der Waals surface area (Å²) in [5.41, 5.74) is -0.103. The van der Waals surface area contributed by atoms with E-state index in [0.29, 0.717) is 6.10 Å². The number of hydrogen-bond acceptors (Lipinski definition) is 2. The minimum absolute atomic E-state index is 0.103. The van der Waals surface area contributed by atoms with Gasteiger partial charge < -0.3 is 9.53 Å². The summed E-state index contributed by atoms with van der Waals surface area (Å²) >= 11 is 3.40. The predicted molar refractivity (Wildman–Crippen MR) is 168 cm³/mol. The Kier molecular flexibility index (Phi) is 56.8. The van der Waals surface area contributed by atoms with Gasteiger partial charge in [-0.25, -0.2) is 0 Å². The lowest BCUT2D eigenvalue weighted by Gasteiger charge is -2.15. The van der Waals surface area contributed by atoms with Crippen LogP contribution in [0.5, 0.6) is 0 Å². The first-order valence-electron chi connectivity index (χ1n) is 15.5. The lowest BCUT2D eigenvalue weighted by molar-refractivity contribution is -0.115. The molecule has 2 nitrogen and oxygen atoms in total. The fraction of sp³-hybridized carbons (Fsp3) is 0.969. The maximum atomic E-state index is 10.5. The monoisotopic (exact) mass is 566 g/mol. The molecule has 0 spiro atoms. The van der Waals surface area contributed by atoms with Gasteiger partial charge in [-0.2, -0.15) is 0 Å². The van der Waals surface area contributed by atoms with E-state index < -0.39 is 0 Å². The van der Waals surface area contributed by atoms with Gasteiger partial charge in [-0.1, -0.05) is 169 Å². The van der Waals surface area contributed by atoms with Gasteiger partial charge in [0, 0.05) is 17.9 Å². The van der Waals surface area contributed by atoms with Crippen molar-refractivity contribution in [1.29, 1.82) is 0 Å². The Morgan fingerprint density at radius 1 is 0.657 bits per heavy atom. The van der Waals surface area contributed by atoms with Crippen LogP contribution in [0, 0.1) is 5.41 Å². The second-order valence-electron chi connectivity index (χ2n) is 9.22. The van der Waals surface area contributed by atoms with Gasteiger partial charge in [0.25, 0.3) is 0 Å². The molecular formula is C32H71BrO2. The first-order chi connectivity index (χ1) is 17.0. The number of ether oxygens (including phenoxy) is 1. The molecule has 0 aliphatic carbocycles. The van der Waals surface area contributed by atoms with Crippen LogP contribution < -0.4 is 0 Å². The summed E-state index contributed by atoms with van der Waals surface area (Å²) in [5, 5.41) is 1.10. The van der Waals surface area contributed by atoms with Crippen LogP contribution in [0.4, 0.5) is 0 Å². The van der Waals surface area contributed by atoms with Gasteiger partial charge in [0.15, 0.2) is 0 Å². The van der Waals surface area contributed by atoms with Crippen molar-refractivity contribution in [3.05, 3.63) is 0 Å². The van der Waals surface area contributed by atoms with Gasteiger partial charge in [0.1, 0.15) is 6.29 Å². The number of rotatable bonds is 20. The molecule has 0 aliphatic heterocycles. The van der Waals surface area contributed by atoms with Crippen LogP contribution in [-0.4, -0.2) is 24.8 Å². The van der Waals surface area contributed by atoms with Crippen molar-refractivity contribution in [1.82, 2.24) is 0 Å². The molecule has 0 aromatic rings. The van der Waals surface area contributed by atoms with Gasteiger partial charge in [0.05, 0.1) is 6.10 Å². The smallest absolute Gasteiger partial charge is 0.125 e. The van der Waals surface area contributed by atoms with E-state index in [0.717, 1.165) is 18.0 Å². The summed E-state index contributed by atoms with van der Waals surface area (Å²) in [5.74, 6) is 0.